The summed E-state index contributed by atoms with van der Waals surface area (Å²) in [6.45, 7) is 15.3. The van der Waals surface area contributed by atoms with Crippen molar-refractivity contribution >= 4 is 5.57 Å². The van der Waals surface area contributed by atoms with E-state index in [0.717, 1.165) is 22.3 Å². The van der Waals surface area contributed by atoms with Gasteiger partial charge in [-0.15, -0.1) is 0 Å². The van der Waals surface area contributed by atoms with Crippen molar-refractivity contribution in [2.45, 2.75) is 0 Å². The van der Waals surface area contributed by atoms with Crippen LogP contribution in [-0.4, -0.2) is 0 Å². The first-order chi connectivity index (χ1) is 8.78. The van der Waals surface area contributed by atoms with Gasteiger partial charge in [-0.05, 0) is 22.3 Å². The molecule has 0 saturated heterocycles. The minimum absolute atomic E-state index is 0.981. The van der Waals surface area contributed by atoms with Crippen LogP contribution in [0.4, 0.5) is 0 Å². The summed E-state index contributed by atoms with van der Waals surface area (Å²) in [4.78, 5) is 0. The van der Waals surface area contributed by atoms with Crippen LogP contribution in [0.5, 0.6) is 0 Å². The van der Waals surface area contributed by atoms with Crippen LogP contribution in [0.2, 0.25) is 0 Å². The zero-order valence-corrected chi connectivity index (χ0v) is 10.6. The van der Waals surface area contributed by atoms with Crippen LogP contribution in [0.15, 0.2) is 98.2 Å². The van der Waals surface area contributed by atoms with Gasteiger partial charge >= 0.3 is 0 Å². The Bertz CT molecular complexity index is 500. The zero-order valence-electron chi connectivity index (χ0n) is 10.6. The largest absolute Gasteiger partial charge is 0.0990 e. The normalized spacial score (nSPS) is 10.3. The first kappa shape index (κ1) is 13.7. The molecule has 18 heavy (non-hydrogen) atoms. The van der Waals surface area contributed by atoms with Crippen LogP contribution in [0, 0.1) is 0 Å². The summed E-state index contributed by atoms with van der Waals surface area (Å²) in [7, 11) is 0. The van der Waals surface area contributed by atoms with Gasteiger partial charge in [0.25, 0.3) is 0 Å². The molecule has 0 heteroatoms. The summed E-state index contributed by atoms with van der Waals surface area (Å²) >= 11 is 0. The van der Waals surface area contributed by atoms with Crippen molar-refractivity contribution in [3.63, 3.8) is 0 Å². The molecule has 0 saturated carbocycles. The monoisotopic (exact) mass is 234 g/mol. The summed E-state index contributed by atoms with van der Waals surface area (Å²) in [5.41, 5.74) is 4.16. The molecule has 1 aromatic rings. The van der Waals surface area contributed by atoms with Crippen molar-refractivity contribution < 1.29 is 0 Å². The molecule has 0 nitrogen and oxygen atoms in total. The molecule has 0 aliphatic carbocycles. The van der Waals surface area contributed by atoms with E-state index in [1.54, 1.807) is 18.2 Å². The number of rotatable bonds is 6. The molecule has 0 radical (unpaired) electrons. The maximum atomic E-state index is 3.86. The predicted octanol–water partition coefficient (Wildman–Crippen LogP) is 5.11. The minimum atomic E-state index is 0.981. The summed E-state index contributed by atoms with van der Waals surface area (Å²) in [5, 5.41) is 0. The van der Waals surface area contributed by atoms with Crippen molar-refractivity contribution in [1.82, 2.24) is 0 Å². The Hall–Kier alpha value is -2.34. The van der Waals surface area contributed by atoms with Crippen molar-refractivity contribution in [1.29, 1.82) is 0 Å². The minimum Gasteiger partial charge on any atom is -0.0990 e. The van der Waals surface area contributed by atoms with E-state index in [4.69, 9.17) is 0 Å². The van der Waals surface area contributed by atoms with Crippen LogP contribution in [0.1, 0.15) is 5.56 Å². The molecule has 0 fully saturated rings. The Kier molecular flexibility index (Phi) is 5.40. The highest BCUT2D eigenvalue weighted by molar-refractivity contribution is 5.86. The van der Waals surface area contributed by atoms with E-state index in [-0.39, 0.29) is 0 Å². The fourth-order valence-corrected chi connectivity index (χ4v) is 1.77. The Labute approximate surface area is 110 Å². The third-order valence-corrected chi connectivity index (χ3v) is 2.60. The van der Waals surface area contributed by atoms with E-state index in [2.05, 4.69) is 38.4 Å². The van der Waals surface area contributed by atoms with Gasteiger partial charge in [0, 0.05) is 0 Å². The van der Waals surface area contributed by atoms with Crippen molar-refractivity contribution in [2.24, 2.45) is 0 Å². The molecule has 0 N–H and O–H groups in total. The van der Waals surface area contributed by atoms with E-state index in [1.807, 2.05) is 30.4 Å². The second kappa shape index (κ2) is 7.08. The third kappa shape index (κ3) is 3.08. The lowest BCUT2D eigenvalue weighted by Crippen LogP contribution is -1.91. The lowest BCUT2D eigenvalue weighted by Gasteiger charge is -2.12. The molecule has 0 amide bonds. The number of allylic oxidation sites excluding steroid dienone is 8. The molecule has 1 rings (SSSR count). The molecule has 0 heterocycles. The Morgan fingerprint density at radius 1 is 0.833 bits per heavy atom. The van der Waals surface area contributed by atoms with Gasteiger partial charge < -0.3 is 0 Å². The van der Waals surface area contributed by atoms with Crippen molar-refractivity contribution in [3.8, 4) is 0 Å². The van der Waals surface area contributed by atoms with Gasteiger partial charge in [-0.2, -0.15) is 0 Å². The SMILES string of the molecule is C=C/C=C(\C=C)C(=C(C=C)C=C)c1ccccc1. The lowest BCUT2D eigenvalue weighted by molar-refractivity contribution is 1.54. The molecule has 0 bridgehead atoms. The van der Waals surface area contributed by atoms with Crippen LogP contribution >= 0.6 is 0 Å². The summed E-state index contributed by atoms with van der Waals surface area (Å²) < 4.78 is 0. The van der Waals surface area contributed by atoms with E-state index in [0.29, 0.717) is 0 Å². The quantitative estimate of drug-likeness (QED) is 0.600. The van der Waals surface area contributed by atoms with Gasteiger partial charge in [0.2, 0.25) is 0 Å². The molecular formula is C18H18. The molecule has 0 aliphatic heterocycles. The maximum Gasteiger partial charge on any atom is -0.00395 e. The average Bonchev–Trinajstić information content (AvgIpc) is 2.43. The molecule has 0 aliphatic rings. The van der Waals surface area contributed by atoms with Gasteiger partial charge in [-0.1, -0.05) is 87.0 Å². The average molecular weight is 234 g/mol. The van der Waals surface area contributed by atoms with Crippen molar-refractivity contribution in [2.75, 3.05) is 0 Å². The number of hydrogen-bond acceptors (Lipinski definition) is 0. The smallest absolute Gasteiger partial charge is 0.00395 e. The molecule has 90 valence electrons. The van der Waals surface area contributed by atoms with E-state index < -0.39 is 0 Å². The van der Waals surface area contributed by atoms with Gasteiger partial charge in [-0.25, -0.2) is 0 Å². The second-order valence-corrected chi connectivity index (χ2v) is 3.67. The highest BCUT2D eigenvalue weighted by Crippen LogP contribution is 2.28. The van der Waals surface area contributed by atoms with E-state index in [1.165, 1.54) is 0 Å². The van der Waals surface area contributed by atoms with Crippen LogP contribution in [0.25, 0.3) is 5.57 Å². The zero-order chi connectivity index (χ0) is 13.4. The lowest BCUT2D eigenvalue weighted by atomic mass is 9.92. The van der Waals surface area contributed by atoms with Gasteiger partial charge in [0.1, 0.15) is 0 Å². The Morgan fingerprint density at radius 3 is 1.89 bits per heavy atom. The van der Waals surface area contributed by atoms with Gasteiger partial charge in [0.05, 0.1) is 0 Å². The Balaban J connectivity index is 3.55. The fraction of sp³-hybridized carbons (Fsp3) is 0. The van der Waals surface area contributed by atoms with E-state index in [9.17, 15) is 0 Å². The van der Waals surface area contributed by atoms with Crippen LogP contribution in [-0.2, 0) is 0 Å². The highest BCUT2D eigenvalue weighted by atomic mass is 14.1. The van der Waals surface area contributed by atoms with Gasteiger partial charge in [0.15, 0.2) is 0 Å². The van der Waals surface area contributed by atoms with Gasteiger partial charge in [-0.3, -0.25) is 0 Å². The number of hydrogen-bond donors (Lipinski definition) is 0. The van der Waals surface area contributed by atoms with Crippen LogP contribution < -0.4 is 0 Å². The standard InChI is InChI=1S/C18H18/c1-5-12-16(8-4)18(15(6-2)7-3)17-13-10-9-11-14-17/h5-14H,1-4H2/b16-12+. The molecule has 0 spiro atoms. The highest BCUT2D eigenvalue weighted by Gasteiger charge is 2.07. The maximum absolute atomic E-state index is 3.86. The topological polar surface area (TPSA) is 0 Å². The molecule has 0 atom stereocenters. The Morgan fingerprint density at radius 2 is 1.44 bits per heavy atom. The van der Waals surface area contributed by atoms with Crippen molar-refractivity contribution in [3.05, 3.63) is 104 Å². The summed E-state index contributed by atoms with van der Waals surface area (Å²) in [6, 6.07) is 10.1. The first-order valence-electron chi connectivity index (χ1n) is 5.78. The predicted molar refractivity (Wildman–Crippen MR) is 82.2 cm³/mol. The molecule has 0 aromatic heterocycles. The first-order valence-corrected chi connectivity index (χ1v) is 5.78. The molecule has 0 unspecified atom stereocenters. The number of benzene rings is 1. The van der Waals surface area contributed by atoms with E-state index >= 15 is 0 Å². The second-order valence-electron chi connectivity index (χ2n) is 3.67. The van der Waals surface area contributed by atoms with Crippen LogP contribution in [0.3, 0.4) is 0 Å². The molecular weight excluding hydrogens is 216 g/mol. The fourth-order valence-electron chi connectivity index (χ4n) is 1.77. The third-order valence-electron chi connectivity index (χ3n) is 2.60. The summed E-state index contributed by atoms with van der Waals surface area (Å²) in [5.74, 6) is 0. The summed E-state index contributed by atoms with van der Waals surface area (Å²) in [6.07, 6.45) is 9.11. The molecule has 1 aromatic carbocycles.